The first-order valence-corrected chi connectivity index (χ1v) is 11.6. The molecule has 0 aromatic heterocycles. The summed E-state index contributed by atoms with van der Waals surface area (Å²) in [6.07, 6.45) is 1.81. The largest absolute Gasteiger partial charge is 0.480 e. The molecule has 0 bridgehead atoms. The van der Waals surface area contributed by atoms with E-state index in [2.05, 4.69) is 34.9 Å². The van der Waals surface area contributed by atoms with Crippen LogP contribution in [0.15, 0.2) is 48.5 Å². The molecule has 7 nitrogen and oxygen atoms in total. The molecule has 2 aromatic carbocycles. The molecular weight excluding hydrogens is 420 g/mol. The van der Waals surface area contributed by atoms with Crippen molar-refractivity contribution in [1.29, 1.82) is 0 Å². The normalized spacial score (nSPS) is 25.7. The Bertz CT molecular complexity index is 1050. The summed E-state index contributed by atoms with van der Waals surface area (Å²) in [4.78, 5) is 35.9. The van der Waals surface area contributed by atoms with Gasteiger partial charge >= 0.3 is 12.1 Å². The van der Waals surface area contributed by atoms with Gasteiger partial charge in [0.2, 0.25) is 5.91 Å². The second kappa shape index (κ2) is 8.54. The van der Waals surface area contributed by atoms with Crippen molar-refractivity contribution in [3.05, 3.63) is 59.7 Å². The van der Waals surface area contributed by atoms with Crippen molar-refractivity contribution in [1.82, 2.24) is 10.6 Å². The predicted molar refractivity (Wildman–Crippen MR) is 122 cm³/mol. The number of benzene rings is 2. The molecule has 5 atom stereocenters. The Labute approximate surface area is 192 Å². The second-order valence-corrected chi connectivity index (χ2v) is 9.47. The van der Waals surface area contributed by atoms with Gasteiger partial charge < -0.3 is 20.5 Å². The number of fused-ring (bicyclic) bond motifs is 4. The number of carboxylic acid groups (broad SMARTS) is 1. The van der Waals surface area contributed by atoms with E-state index in [0.29, 0.717) is 12.3 Å². The van der Waals surface area contributed by atoms with E-state index in [1.807, 2.05) is 24.3 Å². The van der Waals surface area contributed by atoms with Gasteiger partial charge in [-0.05, 0) is 60.3 Å². The Hall–Kier alpha value is -3.35. The Morgan fingerprint density at radius 3 is 2.27 bits per heavy atom. The molecule has 0 saturated heterocycles. The van der Waals surface area contributed by atoms with Crippen molar-refractivity contribution in [3.63, 3.8) is 0 Å². The maximum atomic E-state index is 12.6. The smallest absolute Gasteiger partial charge is 0.407 e. The lowest BCUT2D eigenvalue weighted by Gasteiger charge is -2.40. The second-order valence-electron chi connectivity index (χ2n) is 9.47. The molecule has 172 valence electrons. The van der Waals surface area contributed by atoms with E-state index in [4.69, 9.17) is 9.84 Å². The van der Waals surface area contributed by atoms with Crippen LogP contribution in [0, 0.1) is 17.8 Å². The van der Waals surface area contributed by atoms with Crippen LogP contribution in [0.25, 0.3) is 11.1 Å². The van der Waals surface area contributed by atoms with Crippen molar-refractivity contribution in [2.45, 2.75) is 44.2 Å². The van der Waals surface area contributed by atoms with E-state index < -0.39 is 18.1 Å². The summed E-state index contributed by atoms with van der Waals surface area (Å²) in [6, 6.07) is 15.6. The summed E-state index contributed by atoms with van der Waals surface area (Å²) < 4.78 is 5.65. The lowest BCUT2D eigenvalue weighted by Crippen LogP contribution is -2.50. The first-order chi connectivity index (χ1) is 15.9. The van der Waals surface area contributed by atoms with Gasteiger partial charge in [-0.2, -0.15) is 0 Å². The molecule has 0 heterocycles. The van der Waals surface area contributed by atoms with Crippen LogP contribution in [0.5, 0.6) is 0 Å². The molecule has 4 unspecified atom stereocenters. The SMILES string of the molecule is C[C@H](NC(=O)C1CC2CC(NC(=O)OCC3c4ccccc4-c4ccccc43)C2C1)C(=O)O. The van der Waals surface area contributed by atoms with Gasteiger partial charge in [0.1, 0.15) is 12.6 Å². The van der Waals surface area contributed by atoms with Crippen molar-refractivity contribution < 1.29 is 24.2 Å². The summed E-state index contributed by atoms with van der Waals surface area (Å²) in [7, 11) is 0. The molecule has 2 amide bonds. The minimum atomic E-state index is -1.04. The number of ether oxygens (including phenoxy) is 1. The zero-order valence-corrected chi connectivity index (χ0v) is 18.5. The monoisotopic (exact) mass is 448 g/mol. The summed E-state index contributed by atoms with van der Waals surface area (Å²) in [5, 5.41) is 14.5. The Morgan fingerprint density at radius 2 is 1.64 bits per heavy atom. The average Bonchev–Trinajstić information content (AvgIpc) is 3.31. The number of carbonyl (C=O) groups is 3. The third-order valence-corrected chi connectivity index (χ3v) is 7.57. The van der Waals surface area contributed by atoms with E-state index in [1.165, 1.54) is 29.2 Å². The van der Waals surface area contributed by atoms with Crippen molar-refractivity contribution >= 4 is 18.0 Å². The predicted octanol–water partition coefficient (Wildman–Crippen LogP) is 3.53. The third kappa shape index (κ3) is 3.96. The lowest BCUT2D eigenvalue weighted by atomic mass is 9.71. The molecule has 3 aliphatic rings. The highest BCUT2D eigenvalue weighted by Gasteiger charge is 2.50. The van der Waals surface area contributed by atoms with Gasteiger partial charge in [0.15, 0.2) is 0 Å². The molecule has 0 radical (unpaired) electrons. The van der Waals surface area contributed by atoms with Gasteiger partial charge in [0.05, 0.1) is 0 Å². The van der Waals surface area contributed by atoms with Gasteiger partial charge in [-0.25, -0.2) is 4.79 Å². The number of hydrogen-bond acceptors (Lipinski definition) is 4. The van der Waals surface area contributed by atoms with E-state index in [0.717, 1.165) is 12.8 Å². The van der Waals surface area contributed by atoms with Gasteiger partial charge in [-0.1, -0.05) is 48.5 Å². The summed E-state index contributed by atoms with van der Waals surface area (Å²) >= 11 is 0. The molecule has 33 heavy (non-hydrogen) atoms. The topological polar surface area (TPSA) is 105 Å². The summed E-state index contributed by atoms with van der Waals surface area (Å²) in [5.41, 5.74) is 4.73. The molecule has 3 aliphatic carbocycles. The van der Waals surface area contributed by atoms with Crippen LogP contribution in [0.3, 0.4) is 0 Å². The fourth-order valence-electron chi connectivity index (χ4n) is 5.79. The summed E-state index contributed by atoms with van der Waals surface area (Å²) in [6.45, 7) is 1.74. The van der Waals surface area contributed by atoms with Crippen LogP contribution < -0.4 is 10.6 Å². The van der Waals surface area contributed by atoms with Crippen LogP contribution in [0.4, 0.5) is 4.79 Å². The van der Waals surface area contributed by atoms with Gasteiger partial charge in [-0.3, -0.25) is 9.59 Å². The number of carboxylic acids is 1. The van der Waals surface area contributed by atoms with E-state index in [9.17, 15) is 14.4 Å². The number of alkyl carbamates (subject to hydrolysis) is 1. The van der Waals surface area contributed by atoms with Crippen LogP contribution in [0.2, 0.25) is 0 Å². The molecular formula is C26H28N2O5. The standard InChI is InChI=1S/C26H28N2O5/c1-14(25(30)31)27-24(29)16-10-15-12-23(21(15)11-16)28-26(32)33-13-22-19-8-4-2-6-17(19)18-7-3-5-9-20(18)22/h2-9,14-16,21-23H,10-13H2,1H3,(H,27,29)(H,28,32)(H,30,31)/t14-,15?,16?,21?,23?/m0/s1. The highest BCUT2D eigenvalue weighted by molar-refractivity contribution is 5.85. The first kappa shape index (κ1) is 21.5. The third-order valence-electron chi connectivity index (χ3n) is 7.57. The zero-order chi connectivity index (χ0) is 23.1. The number of hydrogen-bond donors (Lipinski definition) is 3. The van der Waals surface area contributed by atoms with Crippen molar-refractivity contribution in [2.75, 3.05) is 6.61 Å². The van der Waals surface area contributed by atoms with Crippen LogP contribution in [-0.4, -0.2) is 41.8 Å². The lowest BCUT2D eigenvalue weighted by molar-refractivity contribution is -0.141. The number of amides is 2. The molecule has 0 spiro atoms. The van der Waals surface area contributed by atoms with Crippen LogP contribution in [-0.2, 0) is 14.3 Å². The first-order valence-electron chi connectivity index (χ1n) is 11.6. The average molecular weight is 449 g/mol. The molecule has 2 aromatic rings. The minimum Gasteiger partial charge on any atom is -0.480 e. The Balaban J connectivity index is 1.14. The molecule has 2 fully saturated rings. The molecule has 0 aliphatic heterocycles. The molecule has 2 saturated carbocycles. The highest BCUT2D eigenvalue weighted by Crippen LogP contribution is 2.50. The number of nitrogens with one attached hydrogen (secondary N) is 2. The van der Waals surface area contributed by atoms with E-state index in [1.54, 1.807) is 0 Å². The maximum Gasteiger partial charge on any atom is 0.407 e. The van der Waals surface area contributed by atoms with Gasteiger partial charge in [-0.15, -0.1) is 0 Å². The van der Waals surface area contributed by atoms with Gasteiger partial charge in [0.25, 0.3) is 0 Å². The quantitative estimate of drug-likeness (QED) is 0.627. The van der Waals surface area contributed by atoms with E-state index in [-0.39, 0.29) is 36.3 Å². The molecule has 3 N–H and O–H groups in total. The highest BCUT2D eigenvalue weighted by atomic mass is 16.5. The Morgan fingerprint density at radius 1 is 1.00 bits per heavy atom. The van der Waals surface area contributed by atoms with Crippen molar-refractivity contribution in [2.24, 2.45) is 17.8 Å². The maximum absolute atomic E-state index is 12.6. The molecule has 5 rings (SSSR count). The fourth-order valence-corrected chi connectivity index (χ4v) is 5.79. The van der Waals surface area contributed by atoms with Crippen molar-refractivity contribution in [3.8, 4) is 11.1 Å². The number of rotatable bonds is 6. The summed E-state index contributed by atoms with van der Waals surface area (Å²) in [5.74, 6) is -0.802. The number of carbonyl (C=O) groups excluding carboxylic acids is 2. The molecule has 7 heteroatoms. The fraction of sp³-hybridized carbons (Fsp3) is 0.423. The minimum absolute atomic E-state index is 0.000322. The Kier molecular flexibility index (Phi) is 5.56. The van der Waals surface area contributed by atoms with Gasteiger partial charge in [0, 0.05) is 17.9 Å². The zero-order valence-electron chi connectivity index (χ0n) is 18.5. The van der Waals surface area contributed by atoms with Crippen LogP contribution in [0.1, 0.15) is 43.2 Å². The van der Waals surface area contributed by atoms with Crippen LogP contribution >= 0.6 is 0 Å². The van der Waals surface area contributed by atoms with E-state index >= 15 is 0 Å². The number of aliphatic carboxylic acids is 1.